The number of hydrogen-bond acceptors (Lipinski definition) is 3. The molecule has 2 atom stereocenters. The number of nitrogens with two attached hydrogens (primary N) is 1. The maximum Gasteiger partial charge on any atom is 0.0761 e. The molecule has 0 radical (unpaired) electrons. The minimum absolute atomic E-state index is 0.0809. The molecule has 0 amide bonds. The molecule has 2 N–H and O–H groups in total. The molecule has 3 nitrogen and oxygen atoms in total. The van der Waals surface area contributed by atoms with Gasteiger partial charge in [0, 0.05) is 25.2 Å². The molecule has 1 heterocycles. The first-order chi connectivity index (χ1) is 9.60. The van der Waals surface area contributed by atoms with Gasteiger partial charge in [-0.15, -0.1) is 0 Å². The first-order valence-electron chi connectivity index (χ1n) is 7.86. The quantitative estimate of drug-likeness (QED) is 0.928. The molecule has 0 aliphatic carbocycles. The van der Waals surface area contributed by atoms with E-state index in [0.29, 0.717) is 0 Å². The summed E-state index contributed by atoms with van der Waals surface area (Å²) >= 11 is 0. The second-order valence-electron chi connectivity index (χ2n) is 7.74. The van der Waals surface area contributed by atoms with E-state index in [1.165, 1.54) is 11.1 Å². The standard InChI is InChI=1S/C18H30N2O/c1-13-7-9-15(10-8-13)16(14(2)19)20-11-17(3,4)21-18(5,6)12-20/h7-10,14,16H,11-12,19H2,1-6H3. The van der Waals surface area contributed by atoms with Crippen molar-refractivity contribution in [3.05, 3.63) is 35.4 Å². The smallest absolute Gasteiger partial charge is 0.0761 e. The topological polar surface area (TPSA) is 38.5 Å². The van der Waals surface area contributed by atoms with Crippen LogP contribution in [0.4, 0.5) is 0 Å². The number of benzene rings is 1. The summed E-state index contributed by atoms with van der Waals surface area (Å²) in [6, 6.07) is 9.06. The lowest BCUT2D eigenvalue weighted by atomic mass is 9.92. The van der Waals surface area contributed by atoms with Crippen LogP contribution in [-0.2, 0) is 4.74 Å². The first-order valence-corrected chi connectivity index (χ1v) is 7.86. The molecule has 1 aromatic carbocycles. The van der Waals surface area contributed by atoms with Crippen LogP contribution in [-0.4, -0.2) is 35.2 Å². The minimum Gasteiger partial charge on any atom is -0.367 e. The van der Waals surface area contributed by atoms with Gasteiger partial charge in [-0.25, -0.2) is 0 Å². The van der Waals surface area contributed by atoms with Crippen molar-refractivity contribution in [1.82, 2.24) is 4.90 Å². The van der Waals surface area contributed by atoms with Crippen LogP contribution in [0.25, 0.3) is 0 Å². The average Bonchev–Trinajstić information content (AvgIpc) is 2.27. The van der Waals surface area contributed by atoms with E-state index in [2.05, 4.69) is 70.7 Å². The van der Waals surface area contributed by atoms with Crippen LogP contribution in [0.15, 0.2) is 24.3 Å². The van der Waals surface area contributed by atoms with Crippen LogP contribution in [0, 0.1) is 6.92 Å². The highest BCUT2D eigenvalue weighted by atomic mass is 16.5. The molecular weight excluding hydrogens is 260 g/mol. The zero-order valence-electron chi connectivity index (χ0n) is 14.3. The summed E-state index contributed by atoms with van der Waals surface area (Å²) in [5, 5.41) is 0. The number of hydrogen-bond donors (Lipinski definition) is 1. The fourth-order valence-corrected chi connectivity index (χ4v) is 3.65. The van der Waals surface area contributed by atoms with Crippen molar-refractivity contribution < 1.29 is 4.74 Å². The molecule has 1 aromatic rings. The second-order valence-corrected chi connectivity index (χ2v) is 7.74. The van der Waals surface area contributed by atoms with Crippen LogP contribution in [0.3, 0.4) is 0 Å². The van der Waals surface area contributed by atoms with Crippen LogP contribution in [0.5, 0.6) is 0 Å². The Morgan fingerprint density at radius 2 is 1.52 bits per heavy atom. The predicted molar refractivity (Wildman–Crippen MR) is 88.4 cm³/mol. The highest BCUT2D eigenvalue weighted by Gasteiger charge is 2.41. The lowest BCUT2D eigenvalue weighted by molar-refractivity contribution is -0.189. The number of aryl methyl sites for hydroxylation is 1. The van der Waals surface area contributed by atoms with E-state index in [1.807, 2.05) is 0 Å². The van der Waals surface area contributed by atoms with Crippen molar-refractivity contribution >= 4 is 0 Å². The molecule has 118 valence electrons. The number of rotatable bonds is 3. The van der Waals surface area contributed by atoms with Crippen LogP contribution in [0.1, 0.15) is 51.8 Å². The molecule has 3 heteroatoms. The summed E-state index contributed by atoms with van der Waals surface area (Å²) in [6.07, 6.45) is 0. The number of nitrogens with zero attached hydrogens (tertiary/aromatic N) is 1. The van der Waals surface area contributed by atoms with E-state index in [0.717, 1.165) is 13.1 Å². The largest absolute Gasteiger partial charge is 0.367 e. The summed E-state index contributed by atoms with van der Waals surface area (Å²) in [6.45, 7) is 14.7. The molecule has 0 aromatic heterocycles. The number of ether oxygens (including phenoxy) is 1. The molecule has 1 saturated heterocycles. The Morgan fingerprint density at radius 3 is 1.95 bits per heavy atom. The van der Waals surface area contributed by atoms with Gasteiger partial charge in [0.15, 0.2) is 0 Å². The number of morpholine rings is 1. The SMILES string of the molecule is Cc1ccc(C(C(C)N)N2CC(C)(C)OC(C)(C)C2)cc1. The van der Waals surface area contributed by atoms with Gasteiger partial charge >= 0.3 is 0 Å². The highest BCUT2D eigenvalue weighted by Crippen LogP contribution is 2.34. The molecule has 2 rings (SSSR count). The summed E-state index contributed by atoms with van der Waals surface area (Å²) < 4.78 is 6.19. The molecule has 0 saturated carbocycles. The third-order valence-corrected chi connectivity index (χ3v) is 4.03. The van der Waals surface area contributed by atoms with Crippen molar-refractivity contribution in [1.29, 1.82) is 0 Å². The Kier molecular flexibility index (Phi) is 4.48. The Balaban J connectivity index is 2.31. The average molecular weight is 290 g/mol. The summed E-state index contributed by atoms with van der Waals surface area (Å²) in [7, 11) is 0. The van der Waals surface area contributed by atoms with Crippen molar-refractivity contribution in [2.24, 2.45) is 5.73 Å². The monoisotopic (exact) mass is 290 g/mol. The Hall–Kier alpha value is -0.900. The van der Waals surface area contributed by atoms with Gasteiger partial charge in [-0.05, 0) is 47.1 Å². The van der Waals surface area contributed by atoms with Gasteiger partial charge < -0.3 is 10.5 Å². The van der Waals surface area contributed by atoms with Gasteiger partial charge in [0.25, 0.3) is 0 Å². The van der Waals surface area contributed by atoms with Crippen molar-refractivity contribution in [3.8, 4) is 0 Å². The van der Waals surface area contributed by atoms with Gasteiger partial charge in [-0.2, -0.15) is 0 Å². The lowest BCUT2D eigenvalue weighted by Crippen LogP contribution is -2.59. The summed E-state index contributed by atoms with van der Waals surface area (Å²) in [5.74, 6) is 0. The Labute approximate surface area is 129 Å². The van der Waals surface area contributed by atoms with Gasteiger partial charge in [0.05, 0.1) is 11.2 Å². The highest BCUT2D eigenvalue weighted by molar-refractivity contribution is 5.25. The van der Waals surface area contributed by atoms with E-state index < -0.39 is 0 Å². The van der Waals surface area contributed by atoms with E-state index in [9.17, 15) is 0 Å². The molecule has 0 bridgehead atoms. The molecule has 0 spiro atoms. The van der Waals surface area contributed by atoms with Crippen molar-refractivity contribution in [3.63, 3.8) is 0 Å². The normalized spacial score (nSPS) is 24.5. The zero-order chi connectivity index (χ0) is 15.8. The van der Waals surface area contributed by atoms with E-state index in [1.54, 1.807) is 0 Å². The molecule has 2 unspecified atom stereocenters. The van der Waals surface area contributed by atoms with Crippen LogP contribution in [0.2, 0.25) is 0 Å². The van der Waals surface area contributed by atoms with Crippen LogP contribution >= 0.6 is 0 Å². The van der Waals surface area contributed by atoms with Crippen LogP contribution < -0.4 is 5.73 Å². The lowest BCUT2D eigenvalue weighted by Gasteiger charge is -2.50. The van der Waals surface area contributed by atoms with E-state index in [4.69, 9.17) is 10.5 Å². The van der Waals surface area contributed by atoms with Crippen molar-refractivity contribution in [2.45, 2.75) is 64.8 Å². The van der Waals surface area contributed by atoms with Gasteiger partial charge in [0.2, 0.25) is 0 Å². The molecule has 1 aliphatic heterocycles. The Bertz CT molecular complexity index is 460. The molecular formula is C18H30N2O. The van der Waals surface area contributed by atoms with Gasteiger partial charge in [-0.3, -0.25) is 4.90 Å². The fraction of sp³-hybridized carbons (Fsp3) is 0.667. The van der Waals surface area contributed by atoms with Crippen molar-refractivity contribution in [2.75, 3.05) is 13.1 Å². The minimum atomic E-state index is -0.153. The second kappa shape index (κ2) is 5.71. The first kappa shape index (κ1) is 16.5. The predicted octanol–water partition coefficient (Wildman–Crippen LogP) is 3.27. The maximum absolute atomic E-state index is 6.33. The van der Waals surface area contributed by atoms with Gasteiger partial charge in [0.1, 0.15) is 0 Å². The zero-order valence-corrected chi connectivity index (χ0v) is 14.3. The third kappa shape index (κ3) is 4.06. The molecule has 1 aliphatic rings. The van der Waals surface area contributed by atoms with E-state index in [-0.39, 0.29) is 23.3 Å². The fourth-order valence-electron chi connectivity index (χ4n) is 3.65. The third-order valence-electron chi connectivity index (χ3n) is 4.03. The molecule has 1 fully saturated rings. The summed E-state index contributed by atoms with van der Waals surface area (Å²) in [5.41, 5.74) is 8.60. The maximum atomic E-state index is 6.33. The summed E-state index contributed by atoms with van der Waals surface area (Å²) in [4.78, 5) is 2.48. The molecule has 21 heavy (non-hydrogen) atoms. The van der Waals surface area contributed by atoms with Gasteiger partial charge in [-0.1, -0.05) is 29.8 Å². The van der Waals surface area contributed by atoms with E-state index >= 15 is 0 Å². The Morgan fingerprint density at radius 1 is 1.05 bits per heavy atom.